The number of methoxy groups -OCH3 is 1. The number of nitrogens with zero attached hydrogens (tertiary/aromatic N) is 4. The van der Waals surface area contributed by atoms with Gasteiger partial charge < -0.3 is 14.2 Å². The van der Waals surface area contributed by atoms with Crippen LogP contribution in [0.5, 0.6) is 0 Å². The molecule has 0 fully saturated rings. The van der Waals surface area contributed by atoms with Crippen molar-refractivity contribution >= 4 is 5.91 Å². The zero-order chi connectivity index (χ0) is 15.2. The van der Waals surface area contributed by atoms with E-state index in [-0.39, 0.29) is 18.0 Å². The first-order chi connectivity index (χ1) is 10.1. The number of hydrogen-bond acceptors (Lipinski definition) is 6. The third kappa shape index (κ3) is 4.06. The first-order valence-electron chi connectivity index (χ1n) is 6.26. The molecular weight excluding hydrogens is 279 g/mol. The summed E-state index contributed by atoms with van der Waals surface area (Å²) in [4.78, 5) is 21.2. The highest BCUT2D eigenvalue weighted by Crippen LogP contribution is 2.08. The van der Waals surface area contributed by atoms with Gasteiger partial charge in [0, 0.05) is 26.8 Å². The molecule has 0 N–H and O–H groups in total. The van der Waals surface area contributed by atoms with Crippen molar-refractivity contribution in [3.05, 3.63) is 41.6 Å². The van der Waals surface area contributed by atoms with Crippen molar-refractivity contribution in [1.29, 1.82) is 0 Å². The Bertz CT molecular complexity index is 617. The first kappa shape index (κ1) is 15.0. The van der Waals surface area contributed by atoms with Gasteiger partial charge in [-0.2, -0.15) is 4.98 Å². The molecule has 0 spiro atoms. The normalized spacial score (nSPS) is 10.6. The molecule has 2 aromatic heterocycles. The van der Waals surface area contributed by atoms with Gasteiger partial charge in [-0.1, -0.05) is 5.16 Å². The number of amides is 1. The molecule has 2 aromatic rings. The Morgan fingerprint density at radius 2 is 2.29 bits per heavy atom. The van der Waals surface area contributed by atoms with Crippen molar-refractivity contribution in [2.45, 2.75) is 13.0 Å². The molecule has 2 heterocycles. The second-order valence-corrected chi connectivity index (χ2v) is 4.40. The molecule has 0 bridgehead atoms. The van der Waals surface area contributed by atoms with Crippen molar-refractivity contribution < 1.29 is 18.4 Å². The van der Waals surface area contributed by atoms with E-state index in [0.29, 0.717) is 24.7 Å². The fourth-order valence-electron chi connectivity index (χ4n) is 1.67. The van der Waals surface area contributed by atoms with Crippen LogP contribution in [-0.2, 0) is 17.7 Å². The average Bonchev–Trinajstić information content (AvgIpc) is 2.91. The Morgan fingerprint density at radius 1 is 1.48 bits per heavy atom. The van der Waals surface area contributed by atoms with Gasteiger partial charge >= 0.3 is 0 Å². The van der Waals surface area contributed by atoms with E-state index in [9.17, 15) is 9.18 Å². The van der Waals surface area contributed by atoms with Crippen molar-refractivity contribution in [2.24, 2.45) is 0 Å². The summed E-state index contributed by atoms with van der Waals surface area (Å²) in [6, 6.07) is 1.13. The minimum Gasteiger partial charge on any atom is -0.384 e. The predicted molar refractivity (Wildman–Crippen MR) is 69.9 cm³/mol. The van der Waals surface area contributed by atoms with Gasteiger partial charge in [-0.25, -0.2) is 4.39 Å². The van der Waals surface area contributed by atoms with Crippen LogP contribution in [0.4, 0.5) is 4.39 Å². The number of pyridine rings is 1. The third-order valence-corrected chi connectivity index (χ3v) is 2.71. The maximum absolute atomic E-state index is 13.1. The summed E-state index contributed by atoms with van der Waals surface area (Å²) in [5, 5.41) is 3.78. The van der Waals surface area contributed by atoms with Gasteiger partial charge in [0.1, 0.15) is 5.82 Å². The molecule has 0 saturated heterocycles. The van der Waals surface area contributed by atoms with E-state index in [1.165, 1.54) is 11.1 Å². The third-order valence-electron chi connectivity index (χ3n) is 2.71. The molecule has 0 atom stereocenters. The molecule has 0 saturated carbocycles. The van der Waals surface area contributed by atoms with Crippen LogP contribution in [0.15, 0.2) is 23.0 Å². The molecular formula is C13H15FN4O3. The number of rotatable bonds is 6. The minimum atomic E-state index is -0.561. The summed E-state index contributed by atoms with van der Waals surface area (Å²) >= 11 is 0. The van der Waals surface area contributed by atoms with Gasteiger partial charge in [0.2, 0.25) is 5.89 Å². The summed E-state index contributed by atoms with van der Waals surface area (Å²) < 4.78 is 23.0. The van der Waals surface area contributed by atoms with Crippen LogP contribution in [-0.4, -0.2) is 46.7 Å². The van der Waals surface area contributed by atoms with Crippen molar-refractivity contribution in [2.75, 3.05) is 20.8 Å². The van der Waals surface area contributed by atoms with E-state index < -0.39 is 5.82 Å². The standard InChI is InChI=1S/C13H15FN4O3/c1-18(13(19)9-5-10(14)7-15-6-9)8-12-16-11(17-21-12)3-4-20-2/h5-7H,3-4,8H2,1-2H3. The van der Waals surface area contributed by atoms with Gasteiger partial charge in [0.05, 0.1) is 24.9 Å². The lowest BCUT2D eigenvalue weighted by atomic mass is 10.2. The van der Waals surface area contributed by atoms with Crippen LogP contribution in [0.25, 0.3) is 0 Å². The zero-order valence-corrected chi connectivity index (χ0v) is 11.7. The van der Waals surface area contributed by atoms with Crippen molar-refractivity contribution in [3.8, 4) is 0 Å². The lowest BCUT2D eigenvalue weighted by Crippen LogP contribution is -2.26. The van der Waals surface area contributed by atoms with Gasteiger partial charge in [-0.05, 0) is 6.07 Å². The summed E-state index contributed by atoms with van der Waals surface area (Å²) in [5.74, 6) is -0.117. The summed E-state index contributed by atoms with van der Waals surface area (Å²) in [6.45, 7) is 0.623. The molecule has 0 aliphatic carbocycles. The molecule has 2 rings (SSSR count). The SMILES string of the molecule is COCCc1noc(CN(C)C(=O)c2cncc(F)c2)n1. The molecule has 112 valence electrons. The molecule has 0 aliphatic rings. The van der Waals surface area contributed by atoms with Crippen LogP contribution in [0, 0.1) is 5.82 Å². The highest BCUT2D eigenvalue weighted by molar-refractivity contribution is 5.93. The van der Waals surface area contributed by atoms with Gasteiger partial charge in [0.15, 0.2) is 5.82 Å². The van der Waals surface area contributed by atoms with E-state index in [1.54, 1.807) is 14.2 Å². The van der Waals surface area contributed by atoms with Crippen LogP contribution in [0.3, 0.4) is 0 Å². The molecule has 1 amide bonds. The number of carbonyl (C=O) groups excluding carboxylic acids is 1. The largest absolute Gasteiger partial charge is 0.384 e. The van der Waals surface area contributed by atoms with Crippen LogP contribution in [0.1, 0.15) is 22.1 Å². The maximum Gasteiger partial charge on any atom is 0.255 e. The smallest absolute Gasteiger partial charge is 0.255 e. The van der Waals surface area contributed by atoms with Gasteiger partial charge in [-0.15, -0.1) is 0 Å². The number of carbonyl (C=O) groups is 1. The molecule has 7 nitrogen and oxygen atoms in total. The molecule has 21 heavy (non-hydrogen) atoms. The molecule has 0 aromatic carbocycles. The van der Waals surface area contributed by atoms with Crippen LogP contribution >= 0.6 is 0 Å². The number of halogens is 1. The molecule has 8 heteroatoms. The maximum atomic E-state index is 13.1. The van der Waals surface area contributed by atoms with Crippen molar-refractivity contribution in [3.63, 3.8) is 0 Å². The molecule has 0 unspecified atom stereocenters. The summed E-state index contributed by atoms with van der Waals surface area (Å²) in [6.07, 6.45) is 2.88. The van der Waals surface area contributed by atoms with E-state index in [1.807, 2.05) is 0 Å². The Hall–Kier alpha value is -2.35. The van der Waals surface area contributed by atoms with E-state index in [4.69, 9.17) is 9.26 Å². The van der Waals surface area contributed by atoms with E-state index in [0.717, 1.165) is 12.3 Å². The number of ether oxygens (including phenoxy) is 1. The van der Waals surface area contributed by atoms with Crippen LogP contribution < -0.4 is 0 Å². The summed E-state index contributed by atoms with van der Waals surface area (Å²) in [5.41, 5.74) is 0.164. The Labute approximate surface area is 120 Å². The molecule has 0 aliphatic heterocycles. The predicted octanol–water partition coefficient (Wildman–Crippen LogP) is 1.06. The second-order valence-electron chi connectivity index (χ2n) is 4.40. The number of aromatic nitrogens is 3. The Balaban J connectivity index is 1.99. The summed E-state index contributed by atoms with van der Waals surface area (Å²) in [7, 11) is 3.15. The highest BCUT2D eigenvalue weighted by Gasteiger charge is 2.16. The highest BCUT2D eigenvalue weighted by atomic mass is 19.1. The zero-order valence-electron chi connectivity index (χ0n) is 11.7. The lowest BCUT2D eigenvalue weighted by Gasteiger charge is -2.14. The average molecular weight is 294 g/mol. The van der Waals surface area contributed by atoms with Gasteiger partial charge in [0.25, 0.3) is 5.91 Å². The first-order valence-corrected chi connectivity index (χ1v) is 6.26. The topological polar surface area (TPSA) is 81.4 Å². The quantitative estimate of drug-likeness (QED) is 0.792. The second kappa shape index (κ2) is 6.89. The van der Waals surface area contributed by atoms with Crippen molar-refractivity contribution in [1.82, 2.24) is 20.0 Å². The monoisotopic (exact) mass is 294 g/mol. The Morgan fingerprint density at radius 3 is 3.00 bits per heavy atom. The van der Waals surface area contributed by atoms with Gasteiger partial charge in [-0.3, -0.25) is 9.78 Å². The fourth-order valence-corrected chi connectivity index (χ4v) is 1.67. The minimum absolute atomic E-state index is 0.134. The lowest BCUT2D eigenvalue weighted by molar-refractivity contribution is 0.0768. The Kier molecular flexibility index (Phi) is 4.94. The fraction of sp³-hybridized carbons (Fsp3) is 0.385. The molecule has 0 radical (unpaired) electrons. The van der Waals surface area contributed by atoms with E-state index in [2.05, 4.69) is 15.1 Å². The number of hydrogen-bond donors (Lipinski definition) is 0. The van der Waals surface area contributed by atoms with Crippen LogP contribution in [0.2, 0.25) is 0 Å². The van der Waals surface area contributed by atoms with E-state index >= 15 is 0 Å².